The number of methoxy groups -OCH3 is 2. The van der Waals surface area contributed by atoms with Crippen LogP contribution in [0.5, 0.6) is 11.5 Å². The molecule has 1 amide bonds. The van der Waals surface area contributed by atoms with Crippen molar-refractivity contribution >= 4 is 17.8 Å². The number of nitro groups is 1. The number of nitrogens with zero attached hydrogens (tertiary/aromatic N) is 4. The third kappa shape index (κ3) is 4.98. The molecule has 0 spiro atoms. The van der Waals surface area contributed by atoms with Crippen LogP contribution in [-0.4, -0.2) is 41.0 Å². The summed E-state index contributed by atoms with van der Waals surface area (Å²) in [5, 5.41) is 18.8. The Morgan fingerprint density at radius 1 is 1.17 bits per heavy atom. The zero-order valence-electron chi connectivity index (χ0n) is 16.3. The zero-order chi connectivity index (χ0) is 21.5. The Labute approximate surface area is 171 Å². The average molecular weight is 409 g/mol. The molecule has 0 bridgehead atoms. The molecule has 0 saturated heterocycles. The van der Waals surface area contributed by atoms with Crippen molar-refractivity contribution in [2.24, 2.45) is 5.10 Å². The standard InChI is InChI=1S/C20H19N5O5/c1-29-18-8-5-15(11-19(18)30-2)12-21-22-20(26)17-9-10-24(23-17)13-14-3-6-16(7-4-14)25(27)28/h3-12H,13H2,1-2H3,(H,22,26)/b21-12-. The molecule has 1 N–H and O–H groups in total. The highest BCUT2D eigenvalue weighted by molar-refractivity contribution is 5.93. The number of hydrazone groups is 1. The van der Waals surface area contributed by atoms with Crippen LogP contribution in [0.15, 0.2) is 59.8 Å². The SMILES string of the molecule is COc1ccc(/C=N\NC(=O)c2ccn(Cc3ccc([N+](=O)[O-])cc3)n2)cc1OC. The molecule has 0 saturated carbocycles. The van der Waals surface area contributed by atoms with Gasteiger partial charge in [0.25, 0.3) is 11.6 Å². The predicted octanol–water partition coefficient (Wildman–Crippen LogP) is 2.62. The van der Waals surface area contributed by atoms with Crippen LogP contribution in [0, 0.1) is 10.1 Å². The molecule has 0 atom stereocenters. The maximum atomic E-state index is 12.2. The van der Waals surface area contributed by atoms with Gasteiger partial charge in [-0.2, -0.15) is 10.2 Å². The van der Waals surface area contributed by atoms with E-state index in [9.17, 15) is 14.9 Å². The van der Waals surface area contributed by atoms with E-state index >= 15 is 0 Å². The summed E-state index contributed by atoms with van der Waals surface area (Å²) in [5.41, 5.74) is 4.17. The lowest BCUT2D eigenvalue weighted by Gasteiger charge is -2.07. The molecule has 10 heteroatoms. The van der Waals surface area contributed by atoms with Crippen molar-refractivity contribution in [3.63, 3.8) is 0 Å². The summed E-state index contributed by atoms with van der Waals surface area (Å²) >= 11 is 0. The van der Waals surface area contributed by atoms with Crippen molar-refractivity contribution in [3.05, 3.63) is 81.7 Å². The van der Waals surface area contributed by atoms with Gasteiger partial charge in [-0.1, -0.05) is 12.1 Å². The maximum absolute atomic E-state index is 12.2. The summed E-state index contributed by atoms with van der Waals surface area (Å²) in [4.78, 5) is 22.5. The molecule has 0 aliphatic carbocycles. The number of non-ortho nitro benzene ring substituents is 1. The second-order valence-electron chi connectivity index (χ2n) is 6.14. The highest BCUT2D eigenvalue weighted by Crippen LogP contribution is 2.26. The lowest BCUT2D eigenvalue weighted by molar-refractivity contribution is -0.384. The number of nitrogens with one attached hydrogen (secondary N) is 1. The first-order valence-corrected chi connectivity index (χ1v) is 8.82. The number of ether oxygens (including phenoxy) is 2. The molecular weight excluding hydrogens is 390 g/mol. The van der Waals surface area contributed by atoms with Crippen LogP contribution in [0.4, 0.5) is 5.69 Å². The van der Waals surface area contributed by atoms with Crippen molar-refractivity contribution < 1.29 is 19.2 Å². The highest BCUT2D eigenvalue weighted by Gasteiger charge is 2.10. The fourth-order valence-corrected chi connectivity index (χ4v) is 2.64. The third-order valence-corrected chi connectivity index (χ3v) is 4.15. The summed E-state index contributed by atoms with van der Waals surface area (Å²) in [7, 11) is 3.08. The molecule has 30 heavy (non-hydrogen) atoms. The first-order valence-electron chi connectivity index (χ1n) is 8.82. The second-order valence-corrected chi connectivity index (χ2v) is 6.14. The van der Waals surface area contributed by atoms with E-state index in [2.05, 4.69) is 15.6 Å². The van der Waals surface area contributed by atoms with Crippen LogP contribution in [0.2, 0.25) is 0 Å². The number of aromatic nitrogens is 2. The number of nitro benzene ring substituents is 1. The van der Waals surface area contributed by atoms with E-state index in [1.54, 1.807) is 54.4 Å². The lowest BCUT2D eigenvalue weighted by Crippen LogP contribution is -2.18. The Morgan fingerprint density at radius 2 is 1.90 bits per heavy atom. The molecular formula is C20H19N5O5. The molecule has 3 aromatic rings. The largest absolute Gasteiger partial charge is 0.493 e. The fraction of sp³-hybridized carbons (Fsp3) is 0.150. The van der Waals surface area contributed by atoms with Crippen LogP contribution in [0.3, 0.4) is 0 Å². The Hall–Kier alpha value is -4.21. The van der Waals surface area contributed by atoms with Gasteiger partial charge in [-0.15, -0.1) is 0 Å². The minimum Gasteiger partial charge on any atom is -0.493 e. The topological polar surface area (TPSA) is 121 Å². The Bertz CT molecular complexity index is 1080. The molecule has 154 valence electrons. The van der Waals surface area contributed by atoms with E-state index in [0.29, 0.717) is 18.0 Å². The van der Waals surface area contributed by atoms with Gasteiger partial charge >= 0.3 is 0 Å². The van der Waals surface area contributed by atoms with E-state index < -0.39 is 10.8 Å². The minimum absolute atomic E-state index is 0.0200. The van der Waals surface area contributed by atoms with Crippen LogP contribution in [0.1, 0.15) is 21.6 Å². The summed E-state index contributed by atoms with van der Waals surface area (Å²) in [5.74, 6) is 0.684. The van der Waals surface area contributed by atoms with E-state index in [1.807, 2.05) is 0 Å². The first-order chi connectivity index (χ1) is 14.5. The van der Waals surface area contributed by atoms with Gasteiger partial charge < -0.3 is 9.47 Å². The van der Waals surface area contributed by atoms with Gasteiger partial charge in [0.1, 0.15) is 0 Å². The highest BCUT2D eigenvalue weighted by atomic mass is 16.6. The molecule has 2 aromatic carbocycles. The summed E-state index contributed by atoms with van der Waals surface area (Å²) in [6, 6.07) is 12.9. The zero-order valence-corrected chi connectivity index (χ0v) is 16.3. The first kappa shape index (κ1) is 20.5. The number of amides is 1. The second kappa shape index (κ2) is 9.32. The van der Waals surface area contributed by atoms with Crippen LogP contribution < -0.4 is 14.9 Å². The number of carbonyl (C=O) groups excluding carboxylic acids is 1. The predicted molar refractivity (Wildman–Crippen MR) is 109 cm³/mol. The molecule has 1 heterocycles. The maximum Gasteiger partial charge on any atom is 0.291 e. The summed E-state index contributed by atoms with van der Waals surface area (Å²) in [6.45, 7) is 0.375. The summed E-state index contributed by atoms with van der Waals surface area (Å²) < 4.78 is 12.0. The number of hydrogen-bond acceptors (Lipinski definition) is 7. The van der Waals surface area contributed by atoms with E-state index in [4.69, 9.17) is 9.47 Å². The van der Waals surface area contributed by atoms with Crippen molar-refractivity contribution in [1.29, 1.82) is 0 Å². The van der Waals surface area contributed by atoms with Gasteiger partial charge in [0, 0.05) is 18.3 Å². The molecule has 0 unspecified atom stereocenters. The van der Waals surface area contributed by atoms with E-state index in [0.717, 1.165) is 11.1 Å². The Balaban J connectivity index is 1.59. The van der Waals surface area contributed by atoms with E-state index in [-0.39, 0.29) is 11.4 Å². The van der Waals surface area contributed by atoms with Gasteiger partial charge in [0.05, 0.1) is 31.9 Å². The Morgan fingerprint density at radius 3 is 2.57 bits per heavy atom. The number of rotatable bonds is 8. The van der Waals surface area contributed by atoms with Gasteiger partial charge in [-0.05, 0) is 35.4 Å². The molecule has 0 radical (unpaired) electrons. The molecule has 10 nitrogen and oxygen atoms in total. The van der Waals surface area contributed by atoms with Crippen molar-refractivity contribution in [3.8, 4) is 11.5 Å². The molecule has 0 aliphatic rings. The fourth-order valence-electron chi connectivity index (χ4n) is 2.64. The van der Waals surface area contributed by atoms with Crippen molar-refractivity contribution in [1.82, 2.24) is 15.2 Å². The van der Waals surface area contributed by atoms with Crippen molar-refractivity contribution in [2.45, 2.75) is 6.54 Å². The summed E-state index contributed by atoms with van der Waals surface area (Å²) in [6.07, 6.45) is 3.13. The molecule has 3 rings (SSSR count). The quantitative estimate of drug-likeness (QED) is 0.347. The number of benzene rings is 2. The van der Waals surface area contributed by atoms with Crippen LogP contribution in [0.25, 0.3) is 0 Å². The van der Waals surface area contributed by atoms with Crippen molar-refractivity contribution in [2.75, 3.05) is 14.2 Å². The normalized spacial score (nSPS) is 10.7. The van der Waals surface area contributed by atoms with Crippen LogP contribution >= 0.6 is 0 Å². The molecule has 0 fully saturated rings. The Kier molecular flexibility index (Phi) is 6.38. The lowest BCUT2D eigenvalue weighted by atomic mass is 10.2. The third-order valence-electron chi connectivity index (χ3n) is 4.15. The van der Waals surface area contributed by atoms with Gasteiger partial charge in [0.15, 0.2) is 17.2 Å². The van der Waals surface area contributed by atoms with Gasteiger partial charge in [0.2, 0.25) is 0 Å². The van der Waals surface area contributed by atoms with Gasteiger partial charge in [-0.25, -0.2) is 5.43 Å². The number of hydrogen-bond donors (Lipinski definition) is 1. The van der Waals surface area contributed by atoms with Crippen LogP contribution in [-0.2, 0) is 6.54 Å². The van der Waals surface area contributed by atoms with Gasteiger partial charge in [-0.3, -0.25) is 19.6 Å². The molecule has 0 aliphatic heterocycles. The monoisotopic (exact) mass is 409 g/mol. The average Bonchev–Trinajstić information content (AvgIpc) is 3.22. The van der Waals surface area contributed by atoms with E-state index in [1.165, 1.54) is 25.5 Å². The molecule has 1 aromatic heterocycles. The number of carbonyl (C=O) groups is 1. The smallest absolute Gasteiger partial charge is 0.291 e. The minimum atomic E-state index is -0.464.